The molecule has 2 saturated heterocycles. The van der Waals surface area contributed by atoms with Gasteiger partial charge >= 0.3 is 0 Å². The van der Waals surface area contributed by atoms with Crippen molar-refractivity contribution in [3.8, 4) is 5.75 Å². The van der Waals surface area contributed by atoms with Crippen LogP contribution < -0.4 is 15.0 Å². The SMILES string of the molecule is c1cc(N2CCCC2)nc(Nc2ccc(OCCCN3CCSCC3)cc2)n1. The van der Waals surface area contributed by atoms with Crippen LogP contribution in [0.2, 0.25) is 0 Å². The highest BCUT2D eigenvalue weighted by atomic mass is 32.2. The van der Waals surface area contributed by atoms with Crippen molar-refractivity contribution >= 4 is 29.2 Å². The Labute approximate surface area is 171 Å². The van der Waals surface area contributed by atoms with E-state index in [1.54, 1.807) is 0 Å². The minimum absolute atomic E-state index is 0.637. The molecule has 150 valence electrons. The zero-order chi connectivity index (χ0) is 19.0. The van der Waals surface area contributed by atoms with Gasteiger partial charge in [0.2, 0.25) is 5.95 Å². The number of nitrogens with zero attached hydrogens (tertiary/aromatic N) is 4. The largest absolute Gasteiger partial charge is 0.494 e. The van der Waals surface area contributed by atoms with E-state index in [9.17, 15) is 0 Å². The molecule has 1 N–H and O–H groups in total. The van der Waals surface area contributed by atoms with Gasteiger partial charge in [0, 0.05) is 56.1 Å². The lowest BCUT2D eigenvalue weighted by molar-refractivity contribution is 0.248. The van der Waals surface area contributed by atoms with E-state index in [2.05, 4.69) is 36.8 Å². The van der Waals surface area contributed by atoms with E-state index < -0.39 is 0 Å². The van der Waals surface area contributed by atoms with Gasteiger partial charge in [-0.3, -0.25) is 0 Å². The molecule has 28 heavy (non-hydrogen) atoms. The monoisotopic (exact) mass is 399 g/mol. The van der Waals surface area contributed by atoms with Gasteiger partial charge in [-0.15, -0.1) is 0 Å². The lowest BCUT2D eigenvalue weighted by Crippen LogP contribution is -2.33. The first-order valence-corrected chi connectivity index (χ1v) is 11.4. The van der Waals surface area contributed by atoms with Crippen LogP contribution in [0.5, 0.6) is 5.75 Å². The van der Waals surface area contributed by atoms with Gasteiger partial charge in [-0.05, 0) is 49.6 Å². The quantitative estimate of drug-likeness (QED) is 0.680. The molecular formula is C21H29N5OS. The van der Waals surface area contributed by atoms with Crippen LogP contribution >= 0.6 is 11.8 Å². The summed E-state index contributed by atoms with van der Waals surface area (Å²) in [5.41, 5.74) is 0.969. The Morgan fingerprint density at radius 1 is 1.00 bits per heavy atom. The van der Waals surface area contributed by atoms with E-state index in [1.165, 1.54) is 37.4 Å². The molecule has 6 nitrogen and oxygen atoms in total. The van der Waals surface area contributed by atoms with Crippen molar-refractivity contribution in [2.75, 3.05) is 61.1 Å². The molecule has 0 unspecified atom stereocenters. The second-order valence-corrected chi connectivity index (χ2v) is 8.46. The zero-order valence-corrected chi connectivity index (χ0v) is 17.2. The van der Waals surface area contributed by atoms with Crippen molar-refractivity contribution in [3.05, 3.63) is 36.5 Å². The highest BCUT2D eigenvalue weighted by molar-refractivity contribution is 7.99. The van der Waals surface area contributed by atoms with Crippen LogP contribution in [-0.4, -0.2) is 65.7 Å². The average molecular weight is 400 g/mol. The Morgan fingerprint density at radius 2 is 1.79 bits per heavy atom. The molecule has 2 fully saturated rings. The smallest absolute Gasteiger partial charge is 0.229 e. The molecule has 0 aliphatic carbocycles. The Bertz CT molecular complexity index is 730. The summed E-state index contributed by atoms with van der Waals surface area (Å²) in [5, 5.41) is 3.29. The minimum Gasteiger partial charge on any atom is -0.494 e. The van der Waals surface area contributed by atoms with Gasteiger partial charge < -0.3 is 19.9 Å². The third kappa shape index (κ3) is 5.52. The van der Waals surface area contributed by atoms with E-state index in [-0.39, 0.29) is 0 Å². The molecule has 2 aromatic rings. The molecule has 0 saturated carbocycles. The number of rotatable bonds is 8. The molecule has 0 atom stereocenters. The van der Waals surface area contributed by atoms with Gasteiger partial charge in [0.1, 0.15) is 11.6 Å². The third-order valence-electron chi connectivity index (χ3n) is 5.17. The van der Waals surface area contributed by atoms with Crippen molar-refractivity contribution < 1.29 is 4.74 Å². The van der Waals surface area contributed by atoms with Crippen LogP contribution in [-0.2, 0) is 0 Å². The van der Waals surface area contributed by atoms with E-state index in [4.69, 9.17) is 4.74 Å². The predicted molar refractivity (Wildman–Crippen MR) is 117 cm³/mol. The summed E-state index contributed by atoms with van der Waals surface area (Å²) in [6.45, 7) is 6.48. The van der Waals surface area contributed by atoms with Gasteiger partial charge in [-0.2, -0.15) is 16.7 Å². The average Bonchev–Trinajstić information content (AvgIpc) is 3.28. The Kier molecular flexibility index (Phi) is 6.89. The topological polar surface area (TPSA) is 53.5 Å². The molecule has 1 aromatic carbocycles. The maximum atomic E-state index is 5.89. The Morgan fingerprint density at radius 3 is 2.57 bits per heavy atom. The molecule has 0 amide bonds. The van der Waals surface area contributed by atoms with Gasteiger partial charge in [0.15, 0.2) is 0 Å². The first kappa shape index (κ1) is 19.3. The fourth-order valence-electron chi connectivity index (χ4n) is 3.60. The van der Waals surface area contributed by atoms with Gasteiger partial charge in [-0.25, -0.2) is 4.98 Å². The fraction of sp³-hybridized carbons (Fsp3) is 0.524. The normalized spacial score (nSPS) is 17.6. The van der Waals surface area contributed by atoms with Crippen LogP contribution in [0, 0.1) is 0 Å². The second kappa shape index (κ2) is 9.98. The van der Waals surface area contributed by atoms with Gasteiger partial charge in [0.25, 0.3) is 0 Å². The van der Waals surface area contributed by atoms with E-state index in [0.29, 0.717) is 5.95 Å². The number of aromatic nitrogens is 2. The first-order valence-electron chi connectivity index (χ1n) is 10.2. The van der Waals surface area contributed by atoms with E-state index in [1.807, 2.05) is 36.5 Å². The summed E-state index contributed by atoms with van der Waals surface area (Å²) >= 11 is 2.05. The van der Waals surface area contributed by atoms with E-state index >= 15 is 0 Å². The Hall–Kier alpha value is -1.99. The Balaban J connectivity index is 1.23. The van der Waals surface area contributed by atoms with Crippen molar-refractivity contribution in [2.24, 2.45) is 0 Å². The fourth-order valence-corrected chi connectivity index (χ4v) is 4.58. The second-order valence-electron chi connectivity index (χ2n) is 7.24. The first-order chi connectivity index (χ1) is 13.9. The summed E-state index contributed by atoms with van der Waals surface area (Å²) in [6.07, 6.45) is 5.37. The highest BCUT2D eigenvalue weighted by Crippen LogP contribution is 2.21. The van der Waals surface area contributed by atoms with Crippen LogP contribution in [0.15, 0.2) is 36.5 Å². The summed E-state index contributed by atoms with van der Waals surface area (Å²) in [6, 6.07) is 10.0. The summed E-state index contributed by atoms with van der Waals surface area (Å²) in [4.78, 5) is 13.8. The number of anilines is 3. The molecule has 3 heterocycles. The predicted octanol–water partition coefficient (Wildman–Crippen LogP) is 3.64. The number of benzene rings is 1. The molecular weight excluding hydrogens is 370 g/mol. The summed E-state index contributed by atoms with van der Waals surface area (Å²) < 4.78 is 5.89. The number of hydrogen-bond acceptors (Lipinski definition) is 7. The van der Waals surface area contributed by atoms with Crippen molar-refractivity contribution in [3.63, 3.8) is 0 Å². The van der Waals surface area contributed by atoms with Crippen molar-refractivity contribution in [1.29, 1.82) is 0 Å². The van der Waals surface area contributed by atoms with Gasteiger partial charge in [0.05, 0.1) is 6.61 Å². The van der Waals surface area contributed by atoms with Crippen LogP contribution in [0.3, 0.4) is 0 Å². The molecule has 2 aliphatic heterocycles. The van der Waals surface area contributed by atoms with Crippen molar-refractivity contribution in [1.82, 2.24) is 14.9 Å². The van der Waals surface area contributed by atoms with Crippen LogP contribution in [0.25, 0.3) is 0 Å². The van der Waals surface area contributed by atoms with Crippen LogP contribution in [0.1, 0.15) is 19.3 Å². The number of hydrogen-bond donors (Lipinski definition) is 1. The molecule has 4 rings (SSSR count). The van der Waals surface area contributed by atoms with Crippen LogP contribution in [0.4, 0.5) is 17.5 Å². The summed E-state index contributed by atoms with van der Waals surface area (Å²) in [5.74, 6) is 5.08. The summed E-state index contributed by atoms with van der Waals surface area (Å²) in [7, 11) is 0. The maximum absolute atomic E-state index is 5.89. The zero-order valence-electron chi connectivity index (χ0n) is 16.3. The standard InChI is InChI=1S/C21H29N5OS/c1-2-12-26(11-1)20-8-9-22-21(24-20)23-18-4-6-19(7-5-18)27-15-3-10-25-13-16-28-17-14-25/h4-9H,1-3,10-17H2,(H,22,23,24). The number of nitrogens with one attached hydrogen (secondary N) is 1. The van der Waals surface area contributed by atoms with E-state index in [0.717, 1.165) is 49.9 Å². The molecule has 1 aromatic heterocycles. The molecule has 7 heteroatoms. The maximum Gasteiger partial charge on any atom is 0.229 e. The van der Waals surface area contributed by atoms with Crippen molar-refractivity contribution in [2.45, 2.75) is 19.3 Å². The van der Waals surface area contributed by atoms with Gasteiger partial charge in [-0.1, -0.05) is 0 Å². The molecule has 0 radical (unpaired) electrons. The molecule has 0 spiro atoms. The molecule has 2 aliphatic rings. The number of ether oxygens (including phenoxy) is 1. The third-order valence-corrected chi connectivity index (χ3v) is 6.12. The number of thioether (sulfide) groups is 1. The lowest BCUT2D eigenvalue weighted by Gasteiger charge is -2.25. The highest BCUT2D eigenvalue weighted by Gasteiger charge is 2.14. The minimum atomic E-state index is 0.637. The molecule has 0 bridgehead atoms. The lowest BCUT2D eigenvalue weighted by atomic mass is 10.3.